The number of ether oxygens (including phenoxy) is 1. The highest BCUT2D eigenvalue weighted by Gasteiger charge is 2.33. The average molecular weight is 242 g/mol. The molecule has 3 unspecified atom stereocenters. The summed E-state index contributed by atoms with van der Waals surface area (Å²) in [6.07, 6.45) is 1.94. The first-order chi connectivity index (χ1) is 7.97. The fourth-order valence-corrected chi connectivity index (χ4v) is 2.55. The lowest BCUT2D eigenvalue weighted by Crippen LogP contribution is -2.45. The van der Waals surface area contributed by atoms with Gasteiger partial charge in [-0.15, -0.1) is 0 Å². The van der Waals surface area contributed by atoms with Crippen LogP contribution in [0.5, 0.6) is 0 Å². The van der Waals surface area contributed by atoms with Gasteiger partial charge in [-0.05, 0) is 25.7 Å². The van der Waals surface area contributed by atoms with Crippen molar-refractivity contribution in [3.8, 4) is 0 Å². The molecule has 1 heterocycles. The zero-order valence-corrected chi connectivity index (χ0v) is 11.5. The standard InChI is InChI=1S/C13H26N2O2/c1-9(2)7-11(8-14)13(16)15(4)12-5-6-17-10(12)3/h9-12H,5-8,14H2,1-4H3. The van der Waals surface area contributed by atoms with Crippen LogP contribution >= 0.6 is 0 Å². The Morgan fingerprint density at radius 3 is 2.59 bits per heavy atom. The van der Waals surface area contributed by atoms with Gasteiger partial charge in [0.25, 0.3) is 0 Å². The van der Waals surface area contributed by atoms with Crippen LogP contribution in [0.1, 0.15) is 33.6 Å². The maximum absolute atomic E-state index is 12.3. The van der Waals surface area contributed by atoms with Gasteiger partial charge in [-0.3, -0.25) is 4.79 Å². The molecular formula is C13H26N2O2. The van der Waals surface area contributed by atoms with Crippen molar-refractivity contribution in [1.29, 1.82) is 0 Å². The van der Waals surface area contributed by atoms with Gasteiger partial charge >= 0.3 is 0 Å². The van der Waals surface area contributed by atoms with E-state index in [4.69, 9.17) is 10.5 Å². The summed E-state index contributed by atoms with van der Waals surface area (Å²) < 4.78 is 5.51. The lowest BCUT2D eigenvalue weighted by molar-refractivity contribution is -0.137. The minimum Gasteiger partial charge on any atom is -0.376 e. The maximum Gasteiger partial charge on any atom is 0.227 e. The molecule has 17 heavy (non-hydrogen) atoms. The first-order valence-corrected chi connectivity index (χ1v) is 6.55. The van der Waals surface area contributed by atoms with E-state index < -0.39 is 0 Å². The highest BCUT2D eigenvalue weighted by atomic mass is 16.5. The molecule has 1 amide bonds. The molecule has 1 fully saturated rings. The van der Waals surface area contributed by atoms with Crippen LogP contribution in [0.15, 0.2) is 0 Å². The Hall–Kier alpha value is -0.610. The average Bonchev–Trinajstić information content (AvgIpc) is 2.70. The van der Waals surface area contributed by atoms with Crippen molar-refractivity contribution in [2.75, 3.05) is 20.2 Å². The largest absolute Gasteiger partial charge is 0.376 e. The number of nitrogens with two attached hydrogens (primary N) is 1. The molecule has 1 saturated heterocycles. The van der Waals surface area contributed by atoms with E-state index in [1.807, 2.05) is 18.9 Å². The molecule has 0 aromatic carbocycles. The van der Waals surface area contributed by atoms with Crippen LogP contribution < -0.4 is 5.73 Å². The molecule has 1 aliphatic heterocycles. The predicted molar refractivity (Wildman–Crippen MR) is 68.6 cm³/mol. The van der Waals surface area contributed by atoms with Gasteiger partial charge in [-0.2, -0.15) is 0 Å². The van der Waals surface area contributed by atoms with Crippen molar-refractivity contribution in [1.82, 2.24) is 4.90 Å². The van der Waals surface area contributed by atoms with Crippen LogP contribution in [-0.2, 0) is 9.53 Å². The van der Waals surface area contributed by atoms with Gasteiger partial charge < -0.3 is 15.4 Å². The topological polar surface area (TPSA) is 55.6 Å². The van der Waals surface area contributed by atoms with E-state index in [1.165, 1.54) is 0 Å². The van der Waals surface area contributed by atoms with Gasteiger partial charge in [-0.1, -0.05) is 13.8 Å². The summed E-state index contributed by atoms with van der Waals surface area (Å²) in [7, 11) is 1.88. The Kier molecular flexibility index (Phi) is 5.40. The third-order valence-electron chi connectivity index (χ3n) is 3.57. The Morgan fingerprint density at radius 1 is 1.53 bits per heavy atom. The molecular weight excluding hydrogens is 216 g/mol. The third-order valence-corrected chi connectivity index (χ3v) is 3.57. The molecule has 3 atom stereocenters. The fourth-order valence-electron chi connectivity index (χ4n) is 2.55. The minimum absolute atomic E-state index is 0.0483. The van der Waals surface area contributed by atoms with Crippen LogP contribution in [-0.4, -0.2) is 43.2 Å². The number of hydrogen-bond acceptors (Lipinski definition) is 3. The third kappa shape index (κ3) is 3.68. The van der Waals surface area contributed by atoms with Crippen LogP contribution in [0, 0.1) is 11.8 Å². The molecule has 0 bridgehead atoms. The van der Waals surface area contributed by atoms with Crippen LogP contribution in [0.3, 0.4) is 0 Å². The van der Waals surface area contributed by atoms with Crippen molar-refractivity contribution in [3.05, 3.63) is 0 Å². The second kappa shape index (κ2) is 6.36. The van der Waals surface area contributed by atoms with E-state index in [0.29, 0.717) is 12.5 Å². The molecule has 0 radical (unpaired) electrons. The summed E-state index contributed by atoms with van der Waals surface area (Å²) in [4.78, 5) is 14.2. The van der Waals surface area contributed by atoms with Gasteiger partial charge in [0.15, 0.2) is 0 Å². The molecule has 0 aliphatic carbocycles. The molecule has 0 aromatic rings. The zero-order valence-electron chi connectivity index (χ0n) is 11.5. The normalized spacial score (nSPS) is 26.2. The van der Waals surface area contributed by atoms with Gasteiger partial charge in [0.05, 0.1) is 18.1 Å². The molecule has 100 valence electrons. The van der Waals surface area contributed by atoms with Crippen molar-refractivity contribution >= 4 is 5.91 Å². The van der Waals surface area contributed by atoms with Gasteiger partial charge in [-0.25, -0.2) is 0 Å². The molecule has 0 aromatic heterocycles. The summed E-state index contributed by atoms with van der Waals surface area (Å²) in [6.45, 7) is 7.46. The lowest BCUT2D eigenvalue weighted by Gasteiger charge is -2.30. The summed E-state index contributed by atoms with van der Waals surface area (Å²) in [5.74, 6) is 0.620. The number of hydrogen-bond donors (Lipinski definition) is 1. The van der Waals surface area contributed by atoms with Gasteiger partial charge in [0, 0.05) is 20.2 Å². The SMILES string of the molecule is CC(C)CC(CN)C(=O)N(C)C1CCOC1C. The van der Waals surface area contributed by atoms with E-state index in [1.54, 1.807) is 0 Å². The Labute approximate surface area is 104 Å². The number of nitrogens with zero attached hydrogens (tertiary/aromatic N) is 1. The first-order valence-electron chi connectivity index (χ1n) is 6.55. The minimum atomic E-state index is -0.0483. The smallest absolute Gasteiger partial charge is 0.227 e. The number of rotatable bonds is 5. The predicted octanol–water partition coefficient (Wildman–Crippen LogP) is 1.24. The molecule has 1 aliphatic rings. The van der Waals surface area contributed by atoms with Crippen molar-refractivity contribution in [2.45, 2.75) is 45.8 Å². The Bertz CT molecular complexity index is 256. The van der Waals surface area contributed by atoms with Crippen LogP contribution in [0.25, 0.3) is 0 Å². The second-order valence-electron chi connectivity index (χ2n) is 5.44. The molecule has 0 saturated carbocycles. The van der Waals surface area contributed by atoms with E-state index in [2.05, 4.69) is 13.8 Å². The zero-order chi connectivity index (χ0) is 13.0. The molecule has 2 N–H and O–H groups in total. The highest BCUT2D eigenvalue weighted by molar-refractivity contribution is 5.79. The van der Waals surface area contributed by atoms with Crippen molar-refractivity contribution < 1.29 is 9.53 Å². The van der Waals surface area contributed by atoms with Crippen molar-refractivity contribution in [2.24, 2.45) is 17.6 Å². The van der Waals surface area contributed by atoms with Gasteiger partial charge in [0.1, 0.15) is 0 Å². The summed E-state index contributed by atoms with van der Waals surface area (Å²) in [6, 6.07) is 0.212. The Morgan fingerprint density at radius 2 is 2.18 bits per heavy atom. The number of carbonyl (C=O) groups excluding carboxylic acids is 1. The second-order valence-corrected chi connectivity index (χ2v) is 5.44. The van der Waals surface area contributed by atoms with E-state index >= 15 is 0 Å². The fraction of sp³-hybridized carbons (Fsp3) is 0.923. The van der Waals surface area contributed by atoms with E-state index in [9.17, 15) is 4.79 Å². The number of carbonyl (C=O) groups is 1. The maximum atomic E-state index is 12.3. The van der Waals surface area contributed by atoms with E-state index in [0.717, 1.165) is 19.4 Å². The first kappa shape index (κ1) is 14.5. The number of likely N-dealkylation sites (N-methyl/N-ethyl adjacent to an activating group) is 1. The molecule has 4 heteroatoms. The van der Waals surface area contributed by atoms with Crippen LogP contribution in [0.2, 0.25) is 0 Å². The molecule has 1 rings (SSSR count). The quantitative estimate of drug-likeness (QED) is 0.789. The van der Waals surface area contributed by atoms with E-state index in [-0.39, 0.29) is 24.0 Å². The highest BCUT2D eigenvalue weighted by Crippen LogP contribution is 2.21. The summed E-state index contributed by atoms with van der Waals surface area (Å²) >= 11 is 0. The van der Waals surface area contributed by atoms with Gasteiger partial charge in [0.2, 0.25) is 5.91 Å². The summed E-state index contributed by atoms with van der Waals surface area (Å²) in [5.41, 5.74) is 5.71. The monoisotopic (exact) mass is 242 g/mol. The molecule has 4 nitrogen and oxygen atoms in total. The molecule has 0 spiro atoms. The van der Waals surface area contributed by atoms with Crippen molar-refractivity contribution in [3.63, 3.8) is 0 Å². The van der Waals surface area contributed by atoms with Crippen LogP contribution in [0.4, 0.5) is 0 Å². The Balaban J connectivity index is 2.60. The lowest BCUT2D eigenvalue weighted by atomic mass is 9.95. The number of amides is 1. The summed E-state index contributed by atoms with van der Waals surface area (Å²) in [5, 5.41) is 0.